The lowest BCUT2D eigenvalue weighted by molar-refractivity contribution is 0.280. The molecule has 0 spiro atoms. The maximum Gasteiger partial charge on any atom is 0.147 e. The van der Waals surface area contributed by atoms with Gasteiger partial charge in [0.05, 0.1) is 24.8 Å². The molecule has 4 aromatic rings. The van der Waals surface area contributed by atoms with Crippen LogP contribution >= 0.6 is 0 Å². The SMILES string of the molecule is COc1cccc(OCCCn2c(COc3ccc(C(C)C)cc3)nc3ccccc32)c1. The second-order valence-corrected chi connectivity index (χ2v) is 8.06. The number of hydrogen-bond donors (Lipinski definition) is 0. The first kappa shape index (κ1) is 21.8. The first-order chi connectivity index (χ1) is 15.6. The maximum absolute atomic E-state index is 6.07. The average Bonchev–Trinajstić information content (AvgIpc) is 3.18. The summed E-state index contributed by atoms with van der Waals surface area (Å²) in [5.74, 6) is 3.89. The van der Waals surface area contributed by atoms with Gasteiger partial charge in [0.15, 0.2) is 0 Å². The Morgan fingerprint density at radius 3 is 2.41 bits per heavy atom. The monoisotopic (exact) mass is 430 g/mol. The Balaban J connectivity index is 1.41. The zero-order valence-electron chi connectivity index (χ0n) is 19.0. The van der Waals surface area contributed by atoms with Crippen LogP contribution in [0, 0.1) is 0 Å². The van der Waals surface area contributed by atoms with Gasteiger partial charge in [0.25, 0.3) is 0 Å². The zero-order chi connectivity index (χ0) is 22.3. The molecule has 0 bridgehead atoms. The summed E-state index contributed by atoms with van der Waals surface area (Å²) in [6.45, 7) is 6.21. The number of fused-ring (bicyclic) bond motifs is 1. The third-order valence-electron chi connectivity index (χ3n) is 5.48. The van der Waals surface area contributed by atoms with E-state index in [0.29, 0.717) is 19.1 Å². The van der Waals surface area contributed by atoms with Crippen LogP contribution in [0.1, 0.15) is 37.6 Å². The minimum atomic E-state index is 0.423. The molecule has 0 fully saturated rings. The molecule has 0 radical (unpaired) electrons. The predicted octanol–water partition coefficient (Wildman–Crippen LogP) is 6.22. The molecule has 0 saturated carbocycles. The lowest BCUT2D eigenvalue weighted by atomic mass is 10.0. The van der Waals surface area contributed by atoms with E-state index in [-0.39, 0.29) is 0 Å². The first-order valence-electron chi connectivity index (χ1n) is 11.1. The van der Waals surface area contributed by atoms with Gasteiger partial charge >= 0.3 is 0 Å². The molecule has 166 valence electrons. The van der Waals surface area contributed by atoms with Crippen molar-refractivity contribution in [2.24, 2.45) is 0 Å². The number of methoxy groups -OCH3 is 1. The van der Waals surface area contributed by atoms with Crippen LogP contribution in [0.3, 0.4) is 0 Å². The molecule has 5 nitrogen and oxygen atoms in total. The van der Waals surface area contributed by atoms with Gasteiger partial charge in [0.2, 0.25) is 0 Å². The van der Waals surface area contributed by atoms with Gasteiger partial charge < -0.3 is 18.8 Å². The van der Waals surface area contributed by atoms with Crippen LogP contribution in [-0.2, 0) is 13.2 Å². The number of imidazole rings is 1. The number of ether oxygens (including phenoxy) is 3. The molecule has 0 N–H and O–H groups in total. The molecule has 4 rings (SSSR count). The van der Waals surface area contributed by atoms with Crippen molar-refractivity contribution in [3.63, 3.8) is 0 Å². The summed E-state index contributed by atoms with van der Waals surface area (Å²) in [4.78, 5) is 4.81. The number of aryl methyl sites for hydroxylation is 1. The highest BCUT2D eigenvalue weighted by atomic mass is 16.5. The third kappa shape index (κ3) is 5.22. The van der Waals surface area contributed by atoms with E-state index in [4.69, 9.17) is 19.2 Å². The summed E-state index contributed by atoms with van der Waals surface area (Å²) in [5.41, 5.74) is 3.40. The van der Waals surface area contributed by atoms with Gasteiger partial charge in [0, 0.05) is 12.6 Å². The standard InChI is InChI=1S/C27H30N2O3/c1-20(2)21-12-14-22(15-13-21)32-19-27-28-25-10-4-5-11-26(25)29(27)16-7-17-31-24-9-6-8-23(18-24)30-3/h4-6,8-15,18,20H,7,16-17,19H2,1-3H3. The normalized spacial score (nSPS) is 11.1. The predicted molar refractivity (Wildman–Crippen MR) is 128 cm³/mol. The van der Waals surface area contributed by atoms with Gasteiger partial charge in [-0.2, -0.15) is 0 Å². The van der Waals surface area contributed by atoms with Gasteiger partial charge in [-0.3, -0.25) is 0 Å². The number of hydrogen-bond acceptors (Lipinski definition) is 4. The molecule has 0 atom stereocenters. The van der Waals surface area contributed by atoms with E-state index in [1.54, 1.807) is 7.11 Å². The van der Waals surface area contributed by atoms with Crippen molar-refractivity contribution in [3.8, 4) is 17.2 Å². The van der Waals surface area contributed by atoms with Crippen LogP contribution < -0.4 is 14.2 Å². The van der Waals surface area contributed by atoms with Crippen LogP contribution in [0.4, 0.5) is 0 Å². The van der Waals surface area contributed by atoms with Gasteiger partial charge in [-0.05, 0) is 54.3 Å². The molecule has 0 aliphatic carbocycles. The Morgan fingerprint density at radius 2 is 1.62 bits per heavy atom. The summed E-state index contributed by atoms with van der Waals surface area (Å²) >= 11 is 0. The van der Waals surface area contributed by atoms with Gasteiger partial charge in [0.1, 0.15) is 29.7 Å². The Hall–Kier alpha value is -3.47. The Morgan fingerprint density at radius 1 is 0.844 bits per heavy atom. The Kier molecular flexibility index (Phi) is 6.95. The number of nitrogens with zero attached hydrogens (tertiary/aromatic N) is 2. The van der Waals surface area contributed by atoms with Gasteiger partial charge in [-0.15, -0.1) is 0 Å². The van der Waals surface area contributed by atoms with Crippen LogP contribution in [0.25, 0.3) is 11.0 Å². The van der Waals surface area contributed by atoms with E-state index in [2.05, 4.69) is 36.6 Å². The molecule has 5 heteroatoms. The van der Waals surface area contributed by atoms with Crippen LogP contribution in [0.15, 0.2) is 72.8 Å². The second kappa shape index (κ2) is 10.2. The van der Waals surface area contributed by atoms with Gasteiger partial charge in [-0.25, -0.2) is 4.98 Å². The third-order valence-corrected chi connectivity index (χ3v) is 5.48. The highest BCUT2D eigenvalue weighted by molar-refractivity contribution is 5.75. The van der Waals surface area contributed by atoms with Crippen molar-refractivity contribution in [1.82, 2.24) is 9.55 Å². The largest absolute Gasteiger partial charge is 0.497 e. The molecule has 0 unspecified atom stereocenters. The highest BCUT2D eigenvalue weighted by Gasteiger charge is 2.11. The molecule has 32 heavy (non-hydrogen) atoms. The second-order valence-electron chi connectivity index (χ2n) is 8.06. The summed E-state index contributed by atoms with van der Waals surface area (Å²) in [6, 6.07) is 24.2. The molecule has 1 aromatic heterocycles. The Labute approximate surface area is 189 Å². The molecule has 0 aliphatic rings. The van der Waals surface area contributed by atoms with Crippen molar-refractivity contribution in [1.29, 1.82) is 0 Å². The average molecular weight is 431 g/mol. The number of benzene rings is 3. The van der Waals surface area contributed by atoms with E-state index >= 15 is 0 Å². The fourth-order valence-corrected chi connectivity index (χ4v) is 3.69. The topological polar surface area (TPSA) is 45.5 Å². The van der Waals surface area contributed by atoms with E-state index in [1.807, 2.05) is 54.6 Å². The molecule has 3 aromatic carbocycles. The zero-order valence-corrected chi connectivity index (χ0v) is 19.0. The van der Waals surface area contributed by atoms with Crippen molar-refractivity contribution in [2.75, 3.05) is 13.7 Å². The van der Waals surface area contributed by atoms with E-state index in [0.717, 1.165) is 47.1 Å². The number of rotatable bonds is 10. The molecular weight excluding hydrogens is 400 g/mol. The summed E-state index contributed by atoms with van der Waals surface area (Å²) in [5, 5.41) is 0. The quantitative estimate of drug-likeness (QED) is 0.280. The van der Waals surface area contributed by atoms with E-state index in [9.17, 15) is 0 Å². The van der Waals surface area contributed by atoms with Gasteiger partial charge in [-0.1, -0.05) is 44.2 Å². The molecule has 1 heterocycles. The summed E-state index contributed by atoms with van der Waals surface area (Å²) in [7, 11) is 1.66. The fourth-order valence-electron chi connectivity index (χ4n) is 3.69. The number of aromatic nitrogens is 2. The lowest BCUT2D eigenvalue weighted by Gasteiger charge is -2.12. The lowest BCUT2D eigenvalue weighted by Crippen LogP contribution is -2.10. The minimum absolute atomic E-state index is 0.423. The van der Waals surface area contributed by atoms with Crippen LogP contribution in [0.5, 0.6) is 17.2 Å². The fraction of sp³-hybridized carbons (Fsp3) is 0.296. The number of para-hydroxylation sites is 2. The molecule has 0 amide bonds. The highest BCUT2D eigenvalue weighted by Crippen LogP contribution is 2.22. The molecular formula is C27H30N2O3. The minimum Gasteiger partial charge on any atom is -0.497 e. The van der Waals surface area contributed by atoms with E-state index in [1.165, 1.54) is 5.56 Å². The van der Waals surface area contributed by atoms with Crippen molar-refractivity contribution in [2.45, 2.75) is 39.3 Å². The Bertz CT molecular complexity index is 1150. The van der Waals surface area contributed by atoms with Crippen LogP contribution in [0.2, 0.25) is 0 Å². The van der Waals surface area contributed by atoms with Crippen molar-refractivity contribution < 1.29 is 14.2 Å². The maximum atomic E-state index is 6.07. The molecule has 0 saturated heterocycles. The van der Waals surface area contributed by atoms with Crippen molar-refractivity contribution in [3.05, 3.63) is 84.2 Å². The first-order valence-corrected chi connectivity index (χ1v) is 11.1. The van der Waals surface area contributed by atoms with Crippen molar-refractivity contribution >= 4 is 11.0 Å². The van der Waals surface area contributed by atoms with Crippen LogP contribution in [-0.4, -0.2) is 23.3 Å². The smallest absolute Gasteiger partial charge is 0.147 e. The molecule has 0 aliphatic heterocycles. The summed E-state index contributed by atoms with van der Waals surface area (Å²) < 4.78 is 19.5. The summed E-state index contributed by atoms with van der Waals surface area (Å²) in [6.07, 6.45) is 0.855. The van der Waals surface area contributed by atoms with E-state index < -0.39 is 0 Å².